The third-order valence-electron chi connectivity index (χ3n) is 15.7. The zero-order valence-electron chi connectivity index (χ0n) is 44.4. The van der Waals surface area contributed by atoms with Gasteiger partial charge in [0.1, 0.15) is 17.5 Å². The summed E-state index contributed by atoms with van der Waals surface area (Å²) in [5, 5.41) is 4.17. The number of hydrogen-bond donors (Lipinski definition) is 0. The zero-order valence-corrected chi connectivity index (χ0v) is 44.4. The molecule has 0 fully saturated rings. The first-order valence-electron chi connectivity index (χ1n) is 27.2. The molecule has 0 saturated carbocycles. The Morgan fingerprint density at radius 3 is 1.14 bits per heavy atom. The molecule has 14 rings (SSSR count). The van der Waals surface area contributed by atoms with Crippen LogP contribution in [0.4, 0.5) is 51.6 Å². The molecule has 0 amide bonds. The summed E-state index contributed by atoms with van der Waals surface area (Å²) in [6, 6.07) is 97.7. The molecule has 6 heteroatoms. The van der Waals surface area contributed by atoms with Crippen molar-refractivity contribution in [3.63, 3.8) is 0 Å². The van der Waals surface area contributed by atoms with Gasteiger partial charge in [0.2, 0.25) is 0 Å². The van der Waals surface area contributed by atoms with Gasteiger partial charge in [-0.05, 0) is 153 Å². The highest BCUT2D eigenvalue weighted by molar-refractivity contribution is 6.25. The summed E-state index contributed by atoms with van der Waals surface area (Å²) in [4.78, 5) is 22.6. The van der Waals surface area contributed by atoms with Crippen LogP contribution in [0.3, 0.4) is 0 Å². The third-order valence-corrected chi connectivity index (χ3v) is 15.7. The first-order chi connectivity index (χ1) is 39.5. The van der Waals surface area contributed by atoms with Crippen molar-refractivity contribution in [2.75, 3.05) is 14.7 Å². The van der Waals surface area contributed by atoms with E-state index in [2.05, 4.69) is 283 Å². The van der Waals surface area contributed by atoms with Crippen molar-refractivity contribution in [1.29, 1.82) is 0 Å². The second-order valence-corrected chi connectivity index (χ2v) is 20.9. The Morgan fingerprint density at radius 1 is 0.263 bits per heavy atom. The Morgan fingerprint density at radius 2 is 0.650 bits per heavy atom. The molecule has 1 aliphatic carbocycles. The van der Waals surface area contributed by atoms with Crippen molar-refractivity contribution in [2.45, 2.75) is 19.3 Å². The molecule has 80 heavy (non-hydrogen) atoms. The minimum atomic E-state index is -0.304. The number of rotatable bonds is 12. The summed E-state index contributed by atoms with van der Waals surface area (Å²) in [6.07, 6.45) is 5.67. The van der Waals surface area contributed by atoms with Crippen LogP contribution >= 0.6 is 0 Å². The van der Waals surface area contributed by atoms with Gasteiger partial charge in [0.25, 0.3) is 0 Å². The van der Waals surface area contributed by atoms with Crippen molar-refractivity contribution in [3.8, 4) is 44.5 Å². The molecule has 0 bridgehead atoms. The highest BCUT2D eigenvalue weighted by atomic mass is 15.2. The Hall–Kier alpha value is -10.4. The molecular weight excluding hydrogens is 973 g/mol. The average molecular weight is 1030 g/mol. The van der Waals surface area contributed by atoms with E-state index >= 15 is 0 Å². The van der Waals surface area contributed by atoms with Crippen LogP contribution in [0.1, 0.15) is 25.0 Å². The fourth-order valence-corrected chi connectivity index (χ4v) is 12.0. The molecule has 1 aliphatic rings. The van der Waals surface area contributed by atoms with Gasteiger partial charge < -0.3 is 0 Å². The van der Waals surface area contributed by atoms with E-state index in [9.17, 15) is 0 Å². The van der Waals surface area contributed by atoms with Crippen LogP contribution < -0.4 is 14.7 Å². The molecular formula is C74H54N6. The van der Waals surface area contributed by atoms with E-state index in [1.54, 1.807) is 0 Å². The Balaban J connectivity index is 1.15. The smallest absolute Gasteiger partial charge is 0.137 e. The Kier molecular flexibility index (Phi) is 12.1. The number of benzene rings is 10. The molecule has 0 N–H and O–H groups in total. The van der Waals surface area contributed by atoms with Gasteiger partial charge in [0.15, 0.2) is 0 Å². The van der Waals surface area contributed by atoms with Crippen LogP contribution in [0.25, 0.3) is 66.1 Å². The van der Waals surface area contributed by atoms with Crippen molar-refractivity contribution < 1.29 is 0 Å². The van der Waals surface area contributed by atoms with Crippen molar-refractivity contribution in [3.05, 3.63) is 303 Å². The Labute approximate surface area is 466 Å². The summed E-state index contributed by atoms with van der Waals surface area (Å²) in [6.45, 7) is 4.73. The van der Waals surface area contributed by atoms with E-state index < -0.39 is 0 Å². The second kappa shape index (κ2) is 20.2. The maximum absolute atomic E-state index is 5.25. The molecule has 13 aromatic rings. The molecule has 3 aromatic heterocycles. The first-order valence-corrected chi connectivity index (χ1v) is 27.2. The third kappa shape index (κ3) is 8.51. The predicted molar refractivity (Wildman–Crippen MR) is 333 cm³/mol. The first kappa shape index (κ1) is 48.0. The highest BCUT2D eigenvalue weighted by Crippen LogP contribution is 2.57. The standard InChI is InChI=1S/C74H54N6/c1-74(2)67-36-13-12-35-61(67)63-49-65-66(50-68(63)74)72(79(70-38-15-18-43-76-70)58-33-21-30-55(46-58)52-25-8-4-9-26-52)62-41-40-60(78(69-37-14-17-42-75-69)57-32-20-29-54(45-57)51-23-6-3-7-24-51)48-64(62)73(65)80(71-39-16-19-44-77-71)59-34-22-31-56(47-59)53-27-10-5-11-28-53/h3-50H,1-2H3. The zero-order chi connectivity index (χ0) is 53.6. The number of hydrogen-bond acceptors (Lipinski definition) is 6. The lowest BCUT2D eigenvalue weighted by atomic mass is 9.81. The van der Waals surface area contributed by atoms with Gasteiger partial charge >= 0.3 is 0 Å². The molecule has 0 atom stereocenters. The van der Waals surface area contributed by atoms with Crippen LogP contribution in [0.5, 0.6) is 0 Å². The van der Waals surface area contributed by atoms with E-state index in [0.717, 1.165) is 107 Å². The second-order valence-electron chi connectivity index (χ2n) is 20.9. The highest BCUT2D eigenvalue weighted by Gasteiger charge is 2.37. The quantitative estimate of drug-likeness (QED) is 0.0898. The van der Waals surface area contributed by atoms with Crippen LogP contribution in [0.15, 0.2) is 292 Å². The number of nitrogens with zero attached hydrogens (tertiary/aromatic N) is 6. The fraction of sp³-hybridized carbons (Fsp3) is 0.0405. The molecule has 0 radical (unpaired) electrons. The van der Waals surface area contributed by atoms with Crippen molar-refractivity contribution >= 4 is 73.1 Å². The number of anilines is 9. The van der Waals surface area contributed by atoms with E-state index in [1.165, 1.54) is 22.3 Å². The molecule has 0 saturated heterocycles. The summed E-state index contributed by atoms with van der Waals surface area (Å²) in [5.74, 6) is 2.38. The lowest BCUT2D eigenvalue weighted by Gasteiger charge is -2.33. The topological polar surface area (TPSA) is 48.4 Å². The number of aromatic nitrogens is 3. The molecule has 0 unspecified atom stereocenters. The van der Waals surface area contributed by atoms with E-state index in [-0.39, 0.29) is 5.41 Å². The average Bonchev–Trinajstić information content (AvgIpc) is 3.79. The predicted octanol–water partition coefficient (Wildman–Crippen LogP) is 19.9. The molecule has 380 valence electrons. The molecule has 6 nitrogen and oxygen atoms in total. The van der Waals surface area contributed by atoms with Crippen molar-refractivity contribution in [1.82, 2.24) is 15.0 Å². The van der Waals surface area contributed by atoms with Crippen molar-refractivity contribution in [2.24, 2.45) is 0 Å². The van der Waals surface area contributed by atoms with Gasteiger partial charge in [-0.2, -0.15) is 0 Å². The monoisotopic (exact) mass is 1030 g/mol. The molecule has 10 aromatic carbocycles. The fourth-order valence-electron chi connectivity index (χ4n) is 12.0. The largest absolute Gasteiger partial charge is 0.295 e. The summed E-state index contributed by atoms with van der Waals surface area (Å²) in [5.41, 5.74) is 17.3. The maximum Gasteiger partial charge on any atom is 0.137 e. The number of pyridine rings is 3. The van der Waals surface area contributed by atoms with Gasteiger partial charge in [-0.3, -0.25) is 14.7 Å². The van der Waals surface area contributed by atoms with Gasteiger partial charge in [-0.15, -0.1) is 0 Å². The molecule has 0 spiro atoms. The van der Waals surface area contributed by atoms with E-state index in [0.29, 0.717) is 0 Å². The van der Waals surface area contributed by atoms with E-state index in [1.807, 2.05) is 36.8 Å². The number of fused-ring (bicyclic) bond motifs is 5. The normalized spacial score (nSPS) is 12.2. The van der Waals surface area contributed by atoms with Gasteiger partial charge in [0, 0.05) is 68.3 Å². The molecule has 3 heterocycles. The van der Waals surface area contributed by atoms with Gasteiger partial charge in [-0.1, -0.05) is 190 Å². The van der Waals surface area contributed by atoms with E-state index in [4.69, 9.17) is 15.0 Å². The van der Waals surface area contributed by atoms with Crippen LogP contribution in [-0.4, -0.2) is 15.0 Å². The SMILES string of the molecule is CC1(C)c2ccccc2-c2cc3c(N(c4cccc(-c5ccccc5)c4)c4ccccn4)c4cc(N(c5cccc(-c6ccccc6)c5)c5ccccn5)ccc4c(N(c4cccc(-c5ccccc5)c4)c4ccccn4)c3cc21. The van der Waals surface area contributed by atoms with Crippen LogP contribution in [-0.2, 0) is 5.41 Å². The van der Waals surface area contributed by atoms with Crippen LogP contribution in [0.2, 0.25) is 0 Å². The lowest BCUT2D eigenvalue weighted by Crippen LogP contribution is -2.18. The Bertz CT molecular complexity index is 4380. The lowest BCUT2D eigenvalue weighted by molar-refractivity contribution is 0.661. The summed E-state index contributed by atoms with van der Waals surface area (Å²) in [7, 11) is 0. The summed E-state index contributed by atoms with van der Waals surface area (Å²) >= 11 is 0. The maximum atomic E-state index is 5.25. The summed E-state index contributed by atoms with van der Waals surface area (Å²) < 4.78 is 0. The van der Waals surface area contributed by atoms with Crippen LogP contribution in [0, 0.1) is 0 Å². The minimum Gasteiger partial charge on any atom is -0.295 e. The molecule has 0 aliphatic heterocycles. The van der Waals surface area contributed by atoms with Gasteiger partial charge in [0.05, 0.1) is 11.4 Å². The minimum absolute atomic E-state index is 0.304. The van der Waals surface area contributed by atoms with Gasteiger partial charge in [-0.25, -0.2) is 15.0 Å².